The highest BCUT2D eigenvalue weighted by molar-refractivity contribution is 5.91. The molecule has 0 aromatic heterocycles. The van der Waals surface area contributed by atoms with Crippen LogP contribution in [0.15, 0.2) is 35.0 Å². The molecule has 1 saturated heterocycles. The molecule has 1 amide bonds. The lowest BCUT2D eigenvalue weighted by Gasteiger charge is -2.38. The number of rotatable bonds is 3. The molecular formula is C18H22FN3O. The smallest absolute Gasteiger partial charge is 0.227 e. The molecule has 0 spiro atoms. The third-order valence-corrected chi connectivity index (χ3v) is 4.48. The summed E-state index contributed by atoms with van der Waals surface area (Å²) in [5.41, 5.74) is 2.64. The summed E-state index contributed by atoms with van der Waals surface area (Å²) in [6.45, 7) is 6.85. The number of amides is 1. The van der Waals surface area contributed by atoms with E-state index in [9.17, 15) is 9.18 Å². The number of hydrogen-bond donors (Lipinski definition) is 0. The van der Waals surface area contributed by atoms with Crippen molar-refractivity contribution in [3.05, 3.63) is 46.9 Å². The van der Waals surface area contributed by atoms with Crippen LogP contribution in [-0.2, 0) is 11.2 Å². The van der Waals surface area contributed by atoms with Crippen molar-refractivity contribution in [1.82, 2.24) is 9.80 Å². The van der Waals surface area contributed by atoms with Gasteiger partial charge in [0.1, 0.15) is 11.7 Å². The van der Waals surface area contributed by atoms with Gasteiger partial charge < -0.3 is 9.80 Å². The lowest BCUT2D eigenvalue weighted by atomic mass is 10.1. The first kappa shape index (κ1) is 15.7. The van der Waals surface area contributed by atoms with Gasteiger partial charge in [0.2, 0.25) is 5.91 Å². The maximum absolute atomic E-state index is 13.9. The van der Waals surface area contributed by atoms with E-state index in [0.717, 1.165) is 30.9 Å². The van der Waals surface area contributed by atoms with Crippen molar-refractivity contribution in [2.75, 3.05) is 26.2 Å². The first-order valence-electron chi connectivity index (χ1n) is 8.09. The zero-order valence-corrected chi connectivity index (χ0v) is 13.7. The quantitative estimate of drug-likeness (QED) is 0.859. The van der Waals surface area contributed by atoms with Crippen molar-refractivity contribution >= 4 is 11.7 Å². The third kappa shape index (κ3) is 3.44. The number of fused-ring (bicyclic) bond motifs is 1. The van der Waals surface area contributed by atoms with Crippen LogP contribution in [0.1, 0.15) is 24.5 Å². The number of halogens is 1. The van der Waals surface area contributed by atoms with E-state index in [1.54, 1.807) is 11.0 Å². The number of nitrogens with zero attached hydrogens (tertiary/aromatic N) is 3. The largest absolute Gasteiger partial charge is 0.353 e. The Kier molecular flexibility index (Phi) is 4.46. The van der Waals surface area contributed by atoms with E-state index < -0.39 is 0 Å². The highest BCUT2D eigenvalue weighted by atomic mass is 19.1. The monoisotopic (exact) mass is 315 g/mol. The SMILES string of the molecule is CCC1=CN=C2CN(C(=O)Cc3ccc(C)cc3F)CCN2C1. The van der Waals surface area contributed by atoms with Crippen LogP contribution < -0.4 is 0 Å². The van der Waals surface area contributed by atoms with Gasteiger partial charge in [-0.1, -0.05) is 19.1 Å². The normalized spacial score (nSPS) is 17.5. The molecular weight excluding hydrogens is 293 g/mol. The second kappa shape index (κ2) is 6.52. The van der Waals surface area contributed by atoms with Gasteiger partial charge in [0.25, 0.3) is 0 Å². The topological polar surface area (TPSA) is 35.9 Å². The Hall–Kier alpha value is -2.17. The first-order chi connectivity index (χ1) is 11.1. The fourth-order valence-electron chi connectivity index (χ4n) is 2.95. The average molecular weight is 315 g/mol. The van der Waals surface area contributed by atoms with Gasteiger partial charge >= 0.3 is 0 Å². The van der Waals surface area contributed by atoms with Gasteiger partial charge in [-0.25, -0.2) is 9.38 Å². The highest BCUT2D eigenvalue weighted by Gasteiger charge is 2.27. The average Bonchev–Trinajstić information content (AvgIpc) is 2.56. The lowest BCUT2D eigenvalue weighted by Crippen LogP contribution is -2.53. The van der Waals surface area contributed by atoms with E-state index >= 15 is 0 Å². The summed E-state index contributed by atoms with van der Waals surface area (Å²) < 4.78 is 13.9. The molecule has 3 rings (SSSR count). The fourth-order valence-corrected chi connectivity index (χ4v) is 2.95. The zero-order valence-electron chi connectivity index (χ0n) is 13.7. The van der Waals surface area contributed by atoms with Crippen LogP contribution in [0.4, 0.5) is 4.39 Å². The summed E-state index contributed by atoms with van der Waals surface area (Å²) in [6, 6.07) is 5.02. The van der Waals surface area contributed by atoms with Gasteiger partial charge in [0.15, 0.2) is 0 Å². The molecule has 0 bridgehead atoms. The lowest BCUT2D eigenvalue weighted by molar-refractivity contribution is -0.130. The summed E-state index contributed by atoms with van der Waals surface area (Å²) in [5, 5.41) is 0. The van der Waals surface area contributed by atoms with E-state index in [1.165, 1.54) is 11.6 Å². The van der Waals surface area contributed by atoms with Crippen molar-refractivity contribution in [3.63, 3.8) is 0 Å². The van der Waals surface area contributed by atoms with Gasteiger partial charge in [-0.05, 0) is 36.1 Å². The molecule has 1 aromatic rings. The number of piperazine rings is 1. The molecule has 0 N–H and O–H groups in total. The Morgan fingerprint density at radius 3 is 2.87 bits per heavy atom. The minimum Gasteiger partial charge on any atom is -0.353 e. The maximum atomic E-state index is 13.9. The Morgan fingerprint density at radius 2 is 2.13 bits per heavy atom. The predicted molar refractivity (Wildman–Crippen MR) is 88.8 cm³/mol. The molecule has 2 aliphatic rings. The number of hydrogen-bond acceptors (Lipinski definition) is 3. The Bertz CT molecular complexity index is 681. The molecule has 2 heterocycles. The molecule has 23 heavy (non-hydrogen) atoms. The summed E-state index contributed by atoms with van der Waals surface area (Å²) in [4.78, 5) is 21.0. The standard InChI is InChI=1S/C18H22FN3O/c1-3-14-10-20-17-12-22(7-6-21(17)11-14)18(23)9-15-5-4-13(2)8-16(15)19/h4-5,8,10H,3,6-7,9,11-12H2,1-2H3. The molecule has 0 radical (unpaired) electrons. The van der Waals surface area contributed by atoms with Crippen LogP contribution in [0.5, 0.6) is 0 Å². The highest BCUT2D eigenvalue weighted by Crippen LogP contribution is 2.17. The molecule has 4 nitrogen and oxygen atoms in total. The van der Waals surface area contributed by atoms with Gasteiger partial charge in [-0.3, -0.25) is 4.79 Å². The molecule has 1 aromatic carbocycles. The van der Waals surface area contributed by atoms with Gasteiger partial charge in [-0.2, -0.15) is 0 Å². The van der Waals surface area contributed by atoms with Crippen molar-refractivity contribution in [2.45, 2.75) is 26.7 Å². The zero-order chi connectivity index (χ0) is 16.4. The number of amidine groups is 1. The van der Waals surface area contributed by atoms with Crippen molar-refractivity contribution in [2.24, 2.45) is 4.99 Å². The van der Waals surface area contributed by atoms with Crippen molar-refractivity contribution in [3.8, 4) is 0 Å². The number of aliphatic imine (C=N–C) groups is 1. The Labute approximate surface area is 136 Å². The Morgan fingerprint density at radius 1 is 1.30 bits per heavy atom. The van der Waals surface area contributed by atoms with E-state index in [1.807, 2.05) is 19.2 Å². The van der Waals surface area contributed by atoms with Crippen LogP contribution in [0.25, 0.3) is 0 Å². The van der Waals surface area contributed by atoms with E-state index in [-0.39, 0.29) is 18.1 Å². The maximum Gasteiger partial charge on any atom is 0.227 e. The van der Waals surface area contributed by atoms with Crippen LogP contribution in [-0.4, -0.2) is 47.7 Å². The fraction of sp³-hybridized carbons (Fsp3) is 0.444. The minimum absolute atomic E-state index is 0.0413. The number of aryl methyl sites for hydroxylation is 1. The summed E-state index contributed by atoms with van der Waals surface area (Å²) in [6.07, 6.45) is 3.03. The predicted octanol–water partition coefficient (Wildman–Crippen LogP) is 2.53. The number of carbonyl (C=O) groups is 1. The van der Waals surface area contributed by atoms with Crippen LogP contribution >= 0.6 is 0 Å². The van der Waals surface area contributed by atoms with E-state index in [0.29, 0.717) is 18.7 Å². The second-order valence-electron chi connectivity index (χ2n) is 6.19. The summed E-state index contributed by atoms with van der Waals surface area (Å²) in [5.74, 6) is 0.592. The molecule has 1 fully saturated rings. The second-order valence-corrected chi connectivity index (χ2v) is 6.19. The van der Waals surface area contributed by atoms with Gasteiger partial charge in [0.05, 0.1) is 13.0 Å². The van der Waals surface area contributed by atoms with Crippen molar-refractivity contribution < 1.29 is 9.18 Å². The molecule has 122 valence electrons. The molecule has 0 saturated carbocycles. The summed E-state index contributed by atoms with van der Waals surface area (Å²) >= 11 is 0. The Balaban J connectivity index is 1.67. The molecule has 0 atom stereocenters. The van der Waals surface area contributed by atoms with Crippen LogP contribution in [0.3, 0.4) is 0 Å². The van der Waals surface area contributed by atoms with Crippen molar-refractivity contribution in [1.29, 1.82) is 0 Å². The van der Waals surface area contributed by atoms with Gasteiger partial charge in [-0.15, -0.1) is 0 Å². The third-order valence-electron chi connectivity index (χ3n) is 4.48. The molecule has 0 aliphatic carbocycles. The van der Waals surface area contributed by atoms with Crippen LogP contribution in [0.2, 0.25) is 0 Å². The van der Waals surface area contributed by atoms with Gasteiger partial charge in [0, 0.05) is 25.8 Å². The molecule has 5 heteroatoms. The summed E-state index contributed by atoms with van der Waals surface area (Å²) in [7, 11) is 0. The number of benzene rings is 1. The number of carbonyl (C=O) groups excluding carboxylic acids is 1. The van der Waals surface area contributed by atoms with E-state index in [2.05, 4.69) is 16.8 Å². The molecule has 2 aliphatic heterocycles. The molecule has 0 unspecified atom stereocenters. The van der Waals surface area contributed by atoms with Crippen LogP contribution in [0, 0.1) is 12.7 Å². The van der Waals surface area contributed by atoms with E-state index in [4.69, 9.17) is 0 Å². The minimum atomic E-state index is -0.303. The first-order valence-corrected chi connectivity index (χ1v) is 8.09.